The Morgan fingerprint density at radius 1 is 1.53 bits per heavy atom. The molecule has 1 unspecified atom stereocenters. The van der Waals surface area contributed by atoms with Gasteiger partial charge in [-0.15, -0.1) is 0 Å². The average Bonchev–Trinajstić information content (AvgIpc) is 3.05. The number of hydrogen-bond acceptors (Lipinski definition) is 3. The molecule has 1 saturated carbocycles. The van der Waals surface area contributed by atoms with Gasteiger partial charge in [-0.05, 0) is 48.4 Å². The fourth-order valence-electron chi connectivity index (χ4n) is 2.18. The first kappa shape index (κ1) is 12.9. The summed E-state index contributed by atoms with van der Waals surface area (Å²) in [5, 5.41) is 0. The Kier molecular flexibility index (Phi) is 3.76. The molecule has 0 aliphatic heterocycles. The summed E-state index contributed by atoms with van der Waals surface area (Å²) in [6.45, 7) is 2.28. The summed E-state index contributed by atoms with van der Waals surface area (Å²) in [6.07, 6.45) is 3.39. The molecule has 1 aromatic carbocycles. The molecular weight excluding hydrogens is 280 g/mol. The van der Waals surface area contributed by atoms with Crippen LogP contribution in [-0.2, 0) is 6.42 Å². The quantitative estimate of drug-likeness (QED) is 0.649. The predicted octanol–water partition coefficient (Wildman–Crippen LogP) is 2.63. The highest BCUT2D eigenvalue weighted by Gasteiger charge is 2.44. The Balaban J connectivity index is 2.18. The summed E-state index contributed by atoms with van der Waals surface area (Å²) in [6, 6.07) is 6.40. The lowest BCUT2D eigenvalue weighted by Gasteiger charge is -2.23. The Labute approximate surface area is 111 Å². The van der Waals surface area contributed by atoms with Crippen molar-refractivity contribution < 1.29 is 4.74 Å². The summed E-state index contributed by atoms with van der Waals surface area (Å²) < 4.78 is 6.46. The second kappa shape index (κ2) is 4.96. The van der Waals surface area contributed by atoms with Crippen molar-refractivity contribution in [3.05, 3.63) is 28.2 Å². The molecule has 4 heteroatoms. The van der Waals surface area contributed by atoms with Crippen molar-refractivity contribution in [2.45, 2.75) is 32.2 Å². The van der Waals surface area contributed by atoms with Gasteiger partial charge in [-0.25, -0.2) is 0 Å². The van der Waals surface area contributed by atoms with E-state index >= 15 is 0 Å². The van der Waals surface area contributed by atoms with Crippen LogP contribution in [0.1, 0.15) is 25.3 Å². The lowest BCUT2D eigenvalue weighted by Crippen LogP contribution is -2.42. The van der Waals surface area contributed by atoms with Gasteiger partial charge in [0.25, 0.3) is 0 Å². The number of methoxy groups -OCH3 is 1. The van der Waals surface area contributed by atoms with Gasteiger partial charge < -0.3 is 4.74 Å². The summed E-state index contributed by atoms with van der Waals surface area (Å²) in [4.78, 5) is 0. The minimum atomic E-state index is 0.311. The van der Waals surface area contributed by atoms with Crippen LogP contribution < -0.4 is 16.0 Å². The number of ether oxygens (including phenoxy) is 1. The Bertz CT molecular complexity index is 404. The van der Waals surface area contributed by atoms with Crippen LogP contribution in [0.25, 0.3) is 0 Å². The zero-order chi connectivity index (χ0) is 12.5. The third-order valence-electron chi connectivity index (χ3n) is 3.75. The molecule has 0 aromatic heterocycles. The molecule has 0 spiro atoms. The van der Waals surface area contributed by atoms with Crippen molar-refractivity contribution in [3.8, 4) is 5.75 Å². The number of halogens is 1. The summed E-state index contributed by atoms with van der Waals surface area (Å²) in [5.74, 6) is 6.60. The molecule has 0 saturated heterocycles. The summed E-state index contributed by atoms with van der Waals surface area (Å²) in [5.41, 5.74) is 4.49. The van der Waals surface area contributed by atoms with Gasteiger partial charge in [0.2, 0.25) is 0 Å². The van der Waals surface area contributed by atoms with Crippen LogP contribution >= 0.6 is 15.9 Å². The third kappa shape index (κ3) is 2.81. The fourth-order valence-corrected chi connectivity index (χ4v) is 2.59. The van der Waals surface area contributed by atoms with Gasteiger partial charge in [-0.3, -0.25) is 11.3 Å². The van der Waals surface area contributed by atoms with Crippen molar-refractivity contribution in [2.24, 2.45) is 11.3 Å². The first-order valence-electron chi connectivity index (χ1n) is 5.87. The molecule has 0 heterocycles. The van der Waals surface area contributed by atoms with E-state index in [1.165, 1.54) is 18.4 Å². The normalized spacial score (nSPS) is 18.8. The molecule has 1 fully saturated rings. The third-order valence-corrected chi connectivity index (χ3v) is 4.24. The van der Waals surface area contributed by atoms with Crippen LogP contribution in [0.15, 0.2) is 22.7 Å². The molecular formula is C13H19BrN2O. The van der Waals surface area contributed by atoms with Gasteiger partial charge in [-0.2, -0.15) is 0 Å². The van der Waals surface area contributed by atoms with Crippen LogP contribution in [0.3, 0.4) is 0 Å². The Morgan fingerprint density at radius 3 is 2.76 bits per heavy atom. The SMILES string of the molecule is COc1ccc(Br)cc1CC(NN)C1(C)CC1. The van der Waals surface area contributed by atoms with E-state index in [-0.39, 0.29) is 0 Å². The molecule has 1 aromatic rings. The van der Waals surface area contributed by atoms with E-state index in [1.807, 2.05) is 12.1 Å². The molecule has 1 atom stereocenters. The standard InChI is InChI=1S/C13H19BrN2O/c1-13(5-6-13)12(16-15)8-9-7-10(14)3-4-11(9)17-2/h3-4,7,12,16H,5-6,8,15H2,1-2H3. The van der Waals surface area contributed by atoms with E-state index < -0.39 is 0 Å². The first-order chi connectivity index (χ1) is 8.09. The van der Waals surface area contributed by atoms with Gasteiger partial charge in [-0.1, -0.05) is 22.9 Å². The lowest BCUT2D eigenvalue weighted by atomic mass is 9.92. The highest BCUT2D eigenvalue weighted by molar-refractivity contribution is 9.10. The molecule has 0 radical (unpaired) electrons. The lowest BCUT2D eigenvalue weighted by molar-refractivity contribution is 0.350. The number of hydrazine groups is 1. The molecule has 2 rings (SSSR count). The maximum absolute atomic E-state index is 5.67. The first-order valence-corrected chi connectivity index (χ1v) is 6.67. The molecule has 1 aliphatic rings. The van der Waals surface area contributed by atoms with Gasteiger partial charge in [0.15, 0.2) is 0 Å². The predicted molar refractivity (Wildman–Crippen MR) is 72.9 cm³/mol. The van der Waals surface area contributed by atoms with E-state index in [4.69, 9.17) is 10.6 Å². The van der Waals surface area contributed by atoms with Crippen LogP contribution in [0.2, 0.25) is 0 Å². The van der Waals surface area contributed by atoms with Crippen LogP contribution in [0, 0.1) is 5.41 Å². The second-order valence-corrected chi connectivity index (χ2v) is 5.95. The molecule has 0 amide bonds. The largest absolute Gasteiger partial charge is 0.496 e. The highest BCUT2D eigenvalue weighted by atomic mass is 79.9. The second-order valence-electron chi connectivity index (χ2n) is 5.03. The van der Waals surface area contributed by atoms with Gasteiger partial charge in [0.1, 0.15) is 5.75 Å². The van der Waals surface area contributed by atoms with Gasteiger partial charge in [0.05, 0.1) is 7.11 Å². The minimum absolute atomic E-state index is 0.311. The number of nitrogens with one attached hydrogen (secondary N) is 1. The van der Waals surface area contributed by atoms with E-state index in [9.17, 15) is 0 Å². The van der Waals surface area contributed by atoms with E-state index in [0.29, 0.717) is 11.5 Å². The molecule has 3 nitrogen and oxygen atoms in total. The van der Waals surface area contributed by atoms with E-state index in [2.05, 4.69) is 34.3 Å². The van der Waals surface area contributed by atoms with Crippen molar-refractivity contribution >= 4 is 15.9 Å². The van der Waals surface area contributed by atoms with Crippen molar-refractivity contribution in [3.63, 3.8) is 0 Å². The molecule has 94 valence electrons. The van der Waals surface area contributed by atoms with Crippen molar-refractivity contribution in [1.82, 2.24) is 5.43 Å². The number of rotatable bonds is 5. The summed E-state index contributed by atoms with van der Waals surface area (Å²) >= 11 is 3.50. The molecule has 3 N–H and O–H groups in total. The molecule has 1 aliphatic carbocycles. The smallest absolute Gasteiger partial charge is 0.122 e. The van der Waals surface area contributed by atoms with E-state index in [0.717, 1.165) is 16.6 Å². The average molecular weight is 299 g/mol. The van der Waals surface area contributed by atoms with Crippen LogP contribution in [0.4, 0.5) is 0 Å². The Hall–Kier alpha value is -0.580. The minimum Gasteiger partial charge on any atom is -0.496 e. The summed E-state index contributed by atoms with van der Waals surface area (Å²) in [7, 11) is 1.70. The van der Waals surface area contributed by atoms with Gasteiger partial charge >= 0.3 is 0 Å². The maximum atomic E-state index is 5.67. The van der Waals surface area contributed by atoms with Gasteiger partial charge in [0, 0.05) is 10.5 Å². The number of benzene rings is 1. The monoisotopic (exact) mass is 298 g/mol. The number of nitrogens with two attached hydrogens (primary N) is 1. The molecule has 0 bridgehead atoms. The highest BCUT2D eigenvalue weighted by Crippen LogP contribution is 2.49. The molecule has 17 heavy (non-hydrogen) atoms. The van der Waals surface area contributed by atoms with E-state index in [1.54, 1.807) is 7.11 Å². The number of hydrogen-bond donors (Lipinski definition) is 2. The van der Waals surface area contributed by atoms with Crippen molar-refractivity contribution in [2.75, 3.05) is 7.11 Å². The van der Waals surface area contributed by atoms with Crippen LogP contribution in [-0.4, -0.2) is 13.2 Å². The topological polar surface area (TPSA) is 47.3 Å². The van der Waals surface area contributed by atoms with Crippen LogP contribution in [0.5, 0.6) is 5.75 Å². The zero-order valence-corrected chi connectivity index (χ0v) is 11.9. The Morgan fingerprint density at radius 2 is 2.24 bits per heavy atom. The van der Waals surface area contributed by atoms with Crippen molar-refractivity contribution in [1.29, 1.82) is 0 Å². The maximum Gasteiger partial charge on any atom is 0.122 e. The zero-order valence-electron chi connectivity index (χ0n) is 10.3. The fraction of sp³-hybridized carbons (Fsp3) is 0.538.